The van der Waals surface area contributed by atoms with E-state index in [1.807, 2.05) is 0 Å². The van der Waals surface area contributed by atoms with Crippen molar-refractivity contribution in [3.8, 4) is 5.75 Å². The molecule has 1 aromatic carbocycles. The van der Waals surface area contributed by atoms with Crippen molar-refractivity contribution in [1.82, 2.24) is 5.32 Å². The van der Waals surface area contributed by atoms with E-state index in [2.05, 4.69) is 5.32 Å². The number of benzene rings is 1. The van der Waals surface area contributed by atoms with Crippen LogP contribution in [0.4, 0.5) is 0 Å². The summed E-state index contributed by atoms with van der Waals surface area (Å²) in [6.45, 7) is 0.487. The van der Waals surface area contributed by atoms with Gasteiger partial charge in [0.25, 0.3) is 0 Å². The Labute approximate surface area is 164 Å². The van der Waals surface area contributed by atoms with Gasteiger partial charge >= 0.3 is 13.1 Å². The molecule has 1 aromatic rings. The highest BCUT2D eigenvalue weighted by molar-refractivity contribution is 6.47. The minimum Gasteiger partial charge on any atom is -0.534 e. The fourth-order valence-corrected chi connectivity index (χ4v) is 4.26. The highest BCUT2D eigenvalue weighted by Gasteiger charge is 2.38. The van der Waals surface area contributed by atoms with E-state index in [-0.39, 0.29) is 23.3 Å². The fourth-order valence-electron chi connectivity index (χ4n) is 4.26. The van der Waals surface area contributed by atoms with Gasteiger partial charge in [-0.2, -0.15) is 0 Å². The lowest BCUT2D eigenvalue weighted by Gasteiger charge is -2.32. The van der Waals surface area contributed by atoms with Crippen LogP contribution in [0.1, 0.15) is 48.0 Å². The lowest BCUT2D eigenvalue weighted by Crippen LogP contribution is -2.53. The molecule has 7 N–H and O–H groups in total. The van der Waals surface area contributed by atoms with Crippen molar-refractivity contribution in [3.05, 3.63) is 29.3 Å². The van der Waals surface area contributed by atoms with Crippen LogP contribution in [-0.4, -0.2) is 47.7 Å². The van der Waals surface area contributed by atoms with Gasteiger partial charge < -0.3 is 31.6 Å². The molecule has 8 nitrogen and oxygen atoms in total. The molecule has 2 aliphatic rings. The molecule has 1 saturated carbocycles. The predicted molar refractivity (Wildman–Crippen MR) is 105 cm³/mol. The molecule has 0 aromatic heterocycles. The van der Waals surface area contributed by atoms with E-state index >= 15 is 0 Å². The molecular weight excluding hydrogens is 361 g/mol. The Hall–Kier alpha value is -2.10. The quantitative estimate of drug-likeness (QED) is 0.440. The minimum absolute atomic E-state index is 0.00812. The first-order valence-electron chi connectivity index (χ1n) is 9.84. The van der Waals surface area contributed by atoms with Gasteiger partial charge in [0.1, 0.15) is 5.75 Å². The zero-order valence-corrected chi connectivity index (χ0v) is 15.8. The Balaban J connectivity index is 1.54. The lowest BCUT2D eigenvalue weighted by molar-refractivity contribution is -0.122. The molecule has 152 valence electrons. The maximum atomic E-state index is 12.5. The molecule has 1 heterocycles. The van der Waals surface area contributed by atoms with Crippen molar-refractivity contribution in [2.24, 2.45) is 23.3 Å². The maximum absolute atomic E-state index is 12.5. The van der Waals surface area contributed by atoms with Crippen molar-refractivity contribution in [2.45, 2.75) is 50.5 Å². The minimum atomic E-state index is -1.28. The Morgan fingerprint density at radius 1 is 1.29 bits per heavy atom. The highest BCUT2D eigenvalue weighted by Crippen LogP contribution is 2.33. The first-order valence-corrected chi connectivity index (χ1v) is 9.84. The number of rotatable bonds is 6. The number of hydrogen-bond acceptors (Lipinski definition) is 6. The molecule has 1 aliphatic heterocycles. The second-order valence-electron chi connectivity index (χ2n) is 7.87. The monoisotopic (exact) mass is 389 g/mol. The van der Waals surface area contributed by atoms with Crippen LogP contribution in [0.2, 0.25) is 0 Å². The number of nitrogens with two attached hydrogens (primary N) is 2. The van der Waals surface area contributed by atoms with Crippen LogP contribution >= 0.6 is 0 Å². The average Bonchev–Trinajstić information content (AvgIpc) is 2.68. The SMILES string of the molecule is NC[C@H](N)C1CCC(CC(=O)NC2Cc3cccc(C(=O)O)c3OB2O)CC1. The molecule has 0 spiro atoms. The van der Waals surface area contributed by atoms with Gasteiger partial charge in [0.15, 0.2) is 0 Å². The van der Waals surface area contributed by atoms with Gasteiger partial charge in [-0.05, 0) is 55.6 Å². The number of para-hydroxylation sites is 1. The van der Waals surface area contributed by atoms with Crippen molar-refractivity contribution in [1.29, 1.82) is 0 Å². The molecule has 1 unspecified atom stereocenters. The predicted octanol–water partition coefficient (Wildman–Crippen LogP) is 0.307. The second kappa shape index (κ2) is 8.94. The number of aromatic carboxylic acids is 1. The summed E-state index contributed by atoms with van der Waals surface area (Å²) in [6.07, 6.45) is 4.57. The number of carboxylic acid groups (broad SMARTS) is 1. The van der Waals surface area contributed by atoms with E-state index in [4.69, 9.17) is 16.1 Å². The van der Waals surface area contributed by atoms with Crippen LogP contribution in [0.15, 0.2) is 18.2 Å². The molecule has 28 heavy (non-hydrogen) atoms. The summed E-state index contributed by atoms with van der Waals surface area (Å²) >= 11 is 0. The van der Waals surface area contributed by atoms with Gasteiger partial charge in [-0.3, -0.25) is 4.79 Å². The van der Waals surface area contributed by atoms with Crippen LogP contribution in [0.3, 0.4) is 0 Å². The zero-order chi connectivity index (χ0) is 20.3. The van der Waals surface area contributed by atoms with Gasteiger partial charge in [0.2, 0.25) is 5.91 Å². The molecule has 0 bridgehead atoms. The number of fused-ring (bicyclic) bond motifs is 1. The summed E-state index contributed by atoms with van der Waals surface area (Å²) in [6, 6.07) is 4.83. The molecule has 2 atom stereocenters. The standard InChI is InChI=1S/C19H28BN3O5/c21-10-15(22)12-6-4-11(5-7-12)8-17(24)23-16-9-13-2-1-3-14(19(25)26)18(13)28-20(16)27/h1-3,11-12,15-16,27H,4-10,21-22H2,(H,23,24)(H,25,26)/t11?,12?,15-,16?/m0/s1. The molecule has 1 fully saturated rings. The Kier molecular flexibility index (Phi) is 6.59. The zero-order valence-electron chi connectivity index (χ0n) is 15.8. The highest BCUT2D eigenvalue weighted by atomic mass is 16.5. The molecule has 0 radical (unpaired) electrons. The van der Waals surface area contributed by atoms with Crippen molar-refractivity contribution >= 4 is 19.0 Å². The number of nitrogens with one attached hydrogen (secondary N) is 1. The topological polar surface area (TPSA) is 148 Å². The molecular formula is C19H28BN3O5. The first-order chi connectivity index (χ1) is 13.4. The van der Waals surface area contributed by atoms with Crippen molar-refractivity contribution in [2.75, 3.05) is 6.54 Å². The molecule has 0 saturated heterocycles. The number of carbonyl (C=O) groups excluding carboxylic acids is 1. The van der Waals surface area contributed by atoms with Crippen LogP contribution in [0, 0.1) is 11.8 Å². The Morgan fingerprint density at radius 3 is 2.64 bits per heavy atom. The van der Waals surface area contributed by atoms with Crippen molar-refractivity contribution in [3.63, 3.8) is 0 Å². The number of hydrogen-bond donors (Lipinski definition) is 5. The summed E-state index contributed by atoms with van der Waals surface area (Å²) in [5.74, 6) is -0.950. The summed E-state index contributed by atoms with van der Waals surface area (Å²) in [5.41, 5.74) is 12.3. The first kappa shape index (κ1) is 20.6. The Morgan fingerprint density at radius 2 is 2.00 bits per heavy atom. The number of amides is 1. The van der Waals surface area contributed by atoms with E-state index in [0.717, 1.165) is 25.7 Å². The normalized spacial score (nSPS) is 25.4. The molecule has 9 heteroatoms. The number of carboxylic acids is 1. The van der Waals surface area contributed by atoms with Gasteiger partial charge in [0, 0.05) is 19.0 Å². The average molecular weight is 389 g/mol. The van der Waals surface area contributed by atoms with Gasteiger partial charge in [0.05, 0.1) is 11.5 Å². The van der Waals surface area contributed by atoms with Crippen LogP contribution in [0.25, 0.3) is 0 Å². The van der Waals surface area contributed by atoms with Crippen LogP contribution in [-0.2, 0) is 11.2 Å². The molecule has 1 amide bonds. The van der Waals surface area contributed by atoms with Gasteiger partial charge in [-0.15, -0.1) is 0 Å². The van der Waals surface area contributed by atoms with Crippen molar-refractivity contribution < 1.29 is 24.4 Å². The van der Waals surface area contributed by atoms with E-state index in [9.17, 15) is 19.7 Å². The second-order valence-corrected chi connectivity index (χ2v) is 7.87. The summed E-state index contributed by atoms with van der Waals surface area (Å²) in [7, 11) is -1.28. The smallest absolute Gasteiger partial charge is 0.534 e. The third kappa shape index (κ3) is 4.66. The molecule has 1 aliphatic carbocycles. The summed E-state index contributed by atoms with van der Waals surface area (Å²) in [5, 5.41) is 22.3. The largest absolute Gasteiger partial charge is 0.547 e. The van der Waals surface area contributed by atoms with Crippen LogP contribution in [0.5, 0.6) is 5.75 Å². The lowest BCUT2D eigenvalue weighted by atomic mass is 9.72. The Bertz CT molecular complexity index is 724. The summed E-state index contributed by atoms with van der Waals surface area (Å²) < 4.78 is 5.41. The maximum Gasteiger partial charge on any atom is 0.547 e. The summed E-state index contributed by atoms with van der Waals surface area (Å²) in [4.78, 5) is 23.8. The van der Waals surface area contributed by atoms with E-state index in [0.29, 0.717) is 36.8 Å². The van der Waals surface area contributed by atoms with E-state index < -0.39 is 19.0 Å². The van der Waals surface area contributed by atoms with E-state index in [1.54, 1.807) is 12.1 Å². The van der Waals surface area contributed by atoms with Gasteiger partial charge in [-0.25, -0.2) is 4.79 Å². The van der Waals surface area contributed by atoms with Gasteiger partial charge in [-0.1, -0.05) is 12.1 Å². The van der Waals surface area contributed by atoms with Crippen LogP contribution < -0.4 is 21.4 Å². The van der Waals surface area contributed by atoms with E-state index in [1.165, 1.54) is 6.07 Å². The third-order valence-corrected chi connectivity index (χ3v) is 5.94. The fraction of sp³-hybridized carbons (Fsp3) is 0.579. The number of carbonyl (C=O) groups is 2. The molecule has 3 rings (SSSR count). The third-order valence-electron chi connectivity index (χ3n) is 5.94.